The van der Waals surface area contributed by atoms with Crippen molar-refractivity contribution < 1.29 is 4.79 Å². The molecule has 3 nitrogen and oxygen atoms in total. The number of hydrogen-bond donors (Lipinski definition) is 1. The summed E-state index contributed by atoms with van der Waals surface area (Å²) in [6.07, 6.45) is 3.39. The first-order chi connectivity index (χ1) is 9.58. The summed E-state index contributed by atoms with van der Waals surface area (Å²) in [5.41, 5.74) is 7.55. The molecule has 1 aliphatic rings. The maximum absolute atomic E-state index is 12.4. The van der Waals surface area contributed by atoms with Gasteiger partial charge in [0.2, 0.25) is 5.91 Å². The topological polar surface area (TPSA) is 46.3 Å². The van der Waals surface area contributed by atoms with Crippen molar-refractivity contribution in [3.8, 4) is 0 Å². The summed E-state index contributed by atoms with van der Waals surface area (Å²) in [4.78, 5) is 14.6. The van der Waals surface area contributed by atoms with Gasteiger partial charge >= 0.3 is 0 Å². The SMILES string of the molecule is CN(Cc1cccc(C(N)=S)c1)C(=O)C1CCCCS1. The summed E-state index contributed by atoms with van der Waals surface area (Å²) < 4.78 is 0. The second-order valence-electron chi connectivity index (χ2n) is 5.11. The minimum Gasteiger partial charge on any atom is -0.389 e. The lowest BCUT2D eigenvalue weighted by Gasteiger charge is -2.26. The third kappa shape index (κ3) is 3.96. The van der Waals surface area contributed by atoms with Gasteiger partial charge in [0.1, 0.15) is 4.99 Å². The molecule has 0 aliphatic carbocycles. The molecule has 1 atom stereocenters. The van der Waals surface area contributed by atoms with E-state index in [4.69, 9.17) is 18.0 Å². The van der Waals surface area contributed by atoms with Crippen molar-refractivity contribution >= 4 is 34.9 Å². The Hall–Kier alpha value is -1.07. The monoisotopic (exact) mass is 308 g/mol. The minimum absolute atomic E-state index is 0.132. The highest BCUT2D eigenvalue weighted by molar-refractivity contribution is 8.00. The maximum Gasteiger partial charge on any atom is 0.235 e. The molecule has 0 aromatic heterocycles. The summed E-state index contributed by atoms with van der Waals surface area (Å²) >= 11 is 6.77. The Morgan fingerprint density at radius 3 is 2.95 bits per heavy atom. The van der Waals surface area contributed by atoms with Crippen molar-refractivity contribution in [1.82, 2.24) is 4.90 Å². The highest BCUT2D eigenvalue weighted by Crippen LogP contribution is 2.26. The molecule has 108 valence electrons. The number of thiocarbonyl (C=S) groups is 1. The van der Waals surface area contributed by atoms with Crippen molar-refractivity contribution in [1.29, 1.82) is 0 Å². The van der Waals surface area contributed by atoms with Crippen LogP contribution in [0, 0.1) is 0 Å². The lowest BCUT2D eigenvalue weighted by molar-refractivity contribution is -0.130. The van der Waals surface area contributed by atoms with Gasteiger partial charge in [0.25, 0.3) is 0 Å². The highest BCUT2D eigenvalue weighted by Gasteiger charge is 2.24. The van der Waals surface area contributed by atoms with E-state index in [0.717, 1.165) is 29.7 Å². The molecule has 1 fully saturated rings. The molecule has 1 saturated heterocycles. The second kappa shape index (κ2) is 7.09. The predicted molar refractivity (Wildman–Crippen MR) is 88.9 cm³/mol. The van der Waals surface area contributed by atoms with Gasteiger partial charge in [-0.1, -0.05) is 36.8 Å². The lowest BCUT2D eigenvalue weighted by atomic mass is 10.1. The molecule has 1 aromatic carbocycles. The van der Waals surface area contributed by atoms with Crippen LogP contribution in [0.5, 0.6) is 0 Å². The lowest BCUT2D eigenvalue weighted by Crippen LogP contribution is -2.35. The van der Waals surface area contributed by atoms with Gasteiger partial charge < -0.3 is 10.6 Å². The Kier molecular flexibility index (Phi) is 5.43. The molecule has 0 radical (unpaired) electrons. The molecule has 1 aromatic rings. The molecule has 1 unspecified atom stereocenters. The summed E-state index contributed by atoms with van der Waals surface area (Å²) in [7, 11) is 1.87. The van der Waals surface area contributed by atoms with E-state index in [1.807, 2.05) is 36.2 Å². The zero-order chi connectivity index (χ0) is 14.5. The number of nitrogens with zero attached hydrogens (tertiary/aromatic N) is 1. The largest absolute Gasteiger partial charge is 0.389 e. The van der Waals surface area contributed by atoms with Crippen LogP contribution in [0.2, 0.25) is 0 Å². The average molecular weight is 308 g/mol. The van der Waals surface area contributed by atoms with Crippen LogP contribution >= 0.6 is 24.0 Å². The zero-order valence-corrected chi connectivity index (χ0v) is 13.3. The fourth-order valence-electron chi connectivity index (χ4n) is 2.36. The number of hydrogen-bond acceptors (Lipinski definition) is 3. The van der Waals surface area contributed by atoms with Crippen molar-refractivity contribution in [2.45, 2.75) is 31.1 Å². The van der Waals surface area contributed by atoms with E-state index in [-0.39, 0.29) is 11.2 Å². The van der Waals surface area contributed by atoms with Crippen LogP contribution in [0.4, 0.5) is 0 Å². The van der Waals surface area contributed by atoms with Gasteiger partial charge in [0.05, 0.1) is 5.25 Å². The first kappa shape index (κ1) is 15.3. The normalized spacial score (nSPS) is 18.6. The Bertz CT molecular complexity index is 498. The van der Waals surface area contributed by atoms with Crippen LogP contribution in [0.3, 0.4) is 0 Å². The molecular formula is C15H20N2OS2. The third-order valence-electron chi connectivity index (χ3n) is 3.46. The minimum atomic E-state index is 0.132. The summed E-state index contributed by atoms with van der Waals surface area (Å²) in [5, 5.41) is 0.132. The number of thioether (sulfide) groups is 1. The van der Waals surface area contributed by atoms with E-state index in [2.05, 4.69) is 0 Å². The van der Waals surface area contributed by atoms with Gasteiger partial charge in [-0.25, -0.2) is 0 Å². The zero-order valence-electron chi connectivity index (χ0n) is 11.7. The summed E-state index contributed by atoms with van der Waals surface area (Å²) in [6, 6.07) is 7.78. The van der Waals surface area contributed by atoms with Crippen molar-refractivity contribution in [3.05, 3.63) is 35.4 Å². The Morgan fingerprint density at radius 1 is 1.50 bits per heavy atom. The highest BCUT2D eigenvalue weighted by atomic mass is 32.2. The first-order valence-corrected chi connectivity index (χ1v) is 8.29. The number of amides is 1. The number of carbonyl (C=O) groups excluding carboxylic acids is 1. The van der Waals surface area contributed by atoms with Gasteiger partial charge in [-0.15, -0.1) is 11.8 Å². The standard InChI is InChI=1S/C15H20N2OS2/c1-17(15(18)13-7-2-3-8-20-13)10-11-5-4-6-12(9-11)14(16)19/h4-6,9,13H,2-3,7-8,10H2,1H3,(H2,16,19). The van der Waals surface area contributed by atoms with E-state index in [0.29, 0.717) is 11.5 Å². The molecule has 1 amide bonds. The quantitative estimate of drug-likeness (QED) is 0.869. The fourth-order valence-corrected chi connectivity index (χ4v) is 3.79. The van der Waals surface area contributed by atoms with Crippen molar-refractivity contribution in [3.63, 3.8) is 0 Å². The molecule has 2 N–H and O–H groups in total. The van der Waals surface area contributed by atoms with E-state index in [1.54, 1.807) is 11.8 Å². The Balaban J connectivity index is 1.99. The van der Waals surface area contributed by atoms with Crippen LogP contribution < -0.4 is 5.73 Å². The molecule has 0 bridgehead atoms. The van der Waals surface area contributed by atoms with Crippen LogP contribution in [-0.2, 0) is 11.3 Å². The molecule has 0 saturated carbocycles. The molecule has 0 spiro atoms. The summed E-state index contributed by atoms with van der Waals surface area (Å²) in [6.45, 7) is 0.604. The first-order valence-electron chi connectivity index (χ1n) is 6.83. The molecule has 2 rings (SSSR count). The predicted octanol–water partition coefficient (Wildman–Crippen LogP) is 2.56. The van der Waals surface area contributed by atoms with Crippen LogP contribution in [0.15, 0.2) is 24.3 Å². The number of nitrogens with two attached hydrogens (primary N) is 1. The Morgan fingerprint density at radius 2 is 2.30 bits per heavy atom. The van der Waals surface area contributed by atoms with E-state index < -0.39 is 0 Å². The summed E-state index contributed by atoms with van der Waals surface area (Å²) in [5.74, 6) is 1.33. The average Bonchev–Trinajstić information content (AvgIpc) is 2.47. The van der Waals surface area contributed by atoms with Gasteiger partial charge in [-0.3, -0.25) is 4.79 Å². The van der Waals surface area contributed by atoms with Crippen molar-refractivity contribution in [2.24, 2.45) is 5.73 Å². The molecular weight excluding hydrogens is 288 g/mol. The Labute approximate surface area is 129 Å². The molecule has 20 heavy (non-hydrogen) atoms. The smallest absolute Gasteiger partial charge is 0.235 e. The van der Waals surface area contributed by atoms with E-state index >= 15 is 0 Å². The van der Waals surface area contributed by atoms with Gasteiger partial charge in [-0.05, 0) is 30.2 Å². The van der Waals surface area contributed by atoms with Gasteiger partial charge in [0.15, 0.2) is 0 Å². The fraction of sp³-hybridized carbons (Fsp3) is 0.467. The van der Waals surface area contributed by atoms with E-state index in [9.17, 15) is 4.79 Å². The van der Waals surface area contributed by atoms with E-state index in [1.165, 1.54) is 6.42 Å². The molecule has 5 heteroatoms. The number of carbonyl (C=O) groups is 1. The molecule has 1 aliphatic heterocycles. The van der Waals surface area contributed by atoms with Crippen LogP contribution in [0.25, 0.3) is 0 Å². The van der Waals surface area contributed by atoms with Crippen molar-refractivity contribution in [2.75, 3.05) is 12.8 Å². The second-order valence-corrected chi connectivity index (χ2v) is 6.86. The van der Waals surface area contributed by atoms with Crippen LogP contribution in [-0.4, -0.2) is 33.8 Å². The van der Waals surface area contributed by atoms with Gasteiger partial charge in [-0.2, -0.15) is 0 Å². The number of benzene rings is 1. The maximum atomic E-state index is 12.4. The van der Waals surface area contributed by atoms with Crippen LogP contribution in [0.1, 0.15) is 30.4 Å². The molecule has 1 heterocycles. The van der Waals surface area contributed by atoms with Gasteiger partial charge in [0, 0.05) is 19.2 Å². The number of rotatable bonds is 4. The third-order valence-corrected chi connectivity index (χ3v) is 5.06.